The number of carbonyl (C=O) groups excluding carboxylic acids is 1. The Morgan fingerprint density at radius 2 is 1.92 bits per heavy atom. The molecule has 0 spiro atoms. The van der Waals surface area contributed by atoms with Gasteiger partial charge in [-0.2, -0.15) is 0 Å². The third-order valence-electron chi connectivity index (χ3n) is 3.67. The summed E-state index contributed by atoms with van der Waals surface area (Å²) >= 11 is 0. The molecule has 2 rings (SSSR count). The van der Waals surface area contributed by atoms with Crippen molar-refractivity contribution in [2.24, 2.45) is 0 Å². The topological polar surface area (TPSA) is 76.1 Å². The Balaban J connectivity index is 1.88. The first-order chi connectivity index (χ1) is 11.6. The summed E-state index contributed by atoms with van der Waals surface area (Å²) in [5.74, 6) is -1.67. The zero-order chi connectivity index (χ0) is 18.6. The highest BCUT2D eigenvalue weighted by Gasteiger charge is 2.32. The maximum atomic E-state index is 12.2. The third-order valence-corrected chi connectivity index (χ3v) is 3.67. The second kappa shape index (κ2) is 7.73. The molecule has 1 aliphatic rings. The van der Waals surface area contributed by atoms with Crippen LogP contribution in [0.15, 0.2) is 24.3 Å². The van der Waals surface area contributed by atoms with E-state index < -0.39 is 18.4 Å². The molecule has 25 heavy (non-hydrogen) atoms. The lowest BCUT2D eigenvalue weighted by Gasteiger charge is -2.35. The van der Waals surface area contributed by atoms with Crippen molar-refractivity contribution < 1.29 is 37.3 Å². The largest absolute Gasteiger partial charge is 0.573 e. The van der Waals surface area contributed by atoms with Crippen LogP contribution in [0.3, 0.4) is 0 Å². The molecule has 1 N–H and O–H groups in total. The molecular weight excluding hydrogens is 343 g/mol. The summed E-state index contributed by atoms with van der Waals surface area (Å²) in [7, 11) is 0. The van der Waals surface area contributed by atoms with Gasteiger partial charge in [0.05, 0.1) is 12.6 Å². The van der Waals surface area contributed by atoms with Gasteiger partial charge < -0.3 is 19.5 Å². The average Bonchev–Trinajstić information content (AvgIpc) is 2.51. The van der Waals surface area contributed by atoms with Crippen LogP contribution in [0, 0.1) is 0 Å². The molecule has 0 radical (unpaired) electrons. The van der Waals surface area contributed by atoms with E-state index in [1.54, 1.807) is 6.92 Å². The number of hydrogen-bond donors (Lipinski definition) is 1. The molecule has 1 heterocycles. The zero-order valence-electron chi connectivity index (χ0n) is 13.5. The van der Waals surface area contributed by atoms with Crippen LogP contribution < -0.4 is 4.74 Å². The molecule has 0 aromatic heterocycles. The Hall–Kier alpha value is -2.29. The summed E-state index contributed by atoms with van der Waals surface area (Å²) in [6.45, 7) is 1.98. The van der Waals surface area contributed by atoms with Gasteiger partial charge in [0.1, 0.15) is 5.75 Å². The lowest BCUT2D eigenvalue weighted by molar-refractivity contribution is -0.274. The second-order valence-corrected chi connectivity index (χ2v) is 5.76. The van der Waals surface area contributed by atoms with Gasteiger partial charge in [-0.15, -0.1) is 13.2 Å². The van der Waals surface area contributed by atoms with Crippen LogP contribution in [0.4, 0.5) is 13.2 Å². The van der Waals surface area contributed by atoms with Crippen LogP contribution in [0.1, 0.15) is 18.9 Å². The van der Waals surface area contributed by atoms with Gasteiger partial charge in [-0.3, -0.25) is 4.79 Å². The number of carboxylic acid groups (broad SMARTS) is 1. The van der Waals surface area contributed by atoms with Crippen LogP contribution in [0.5, 0.6) is 5.75 Å². The van der Waals surface area contributed by atoms with E-state index in [1.807, 2.05) is 0 Å². The highest BCUT2D eigenvalue weighted by molar-refractivity contribution is 5.79. The number of aryl methyl sites for hydroxylation is 1. The highest BCUT2D eigenvalue weighted by Crippen LogP contribution is 2.23. The number of hydrogen-bond acceptors (Lipinski definition) is 4. The Labute approximate surface area is 142 Å². The van der Waals surface area contributed by atoms with Crippen molar-refractivity contribution in [3.05, 3.63) is 29.8 Å². The molecule has 1 fully saturated rings. The zero-order valence-corrected chi connectivity index (χ0v) is 13.5. The minimum absolute atomic E-state index is 0.0170. The van der Waals surface area contributed by atoms with E-state index in [9.17, 15) is 22.8 Å². The molecule has 1 amide bonds. The Morgan fingerprint density at radius 3 is 2.48 bits per heavy atom. The van der Waals surface area contributed by atoms with Crippen molar-refractivity contribution in [3.8, 4) is 5.75 Å². The molecule has 0 saturated carbocycles. The third kappa shape index (κ3) is 5.93. The predicted octanol–water partition coefficient (Wildman–Crippen LogP) is 2.22. The Kier molecular flexibility index (Phi) is 5.89. The van der Waals surface area contributed by atoms with Crippen LogP contribution in [0.25, 0.3) is 0 Å². The number of alkyl halides is 3. The van der Waals surface area contributed by atoms with Gasteiger partial charge >= 0.3 is 12.3 Å². The number of amides is 1. The number of ether oxygens (including phenoxy) is 2. The minimum Gasteiger partial charge on any atom is -0.479 e. The summed E-state index contributed by atoms with van der Waals surface area (Å²) in [6.07, 6.45) is -5.72. The van der Waals surface area contributed by atoms with Gasteiger partial charge in [-0.05, 0) is 31.0 Å². The average molecular weight is 361 g/mol. The standard InChI is InChI=1S/C16H18F3NO5/c1-10-8-20(9-13(24-10)15(22)23)14(21)7-4-11-2-5-12(6-3-11)25-16(17,18)19/h2-3,5-6,10,13H,4,7-9H2,1H3,(H,22,23)/t10-,13?/m1/s1. The van der Waals surface area contributed by atoms with E-state index >= 15 is 0 Å². The maximum Gasteiger partial charge on any atom is 0.573 e. The van der Waals surface area contributed by atoms with Gasteiger partial charge in [0, 0.05) is 13.0 Å². The molecule has 2 atom stereocenters. The van der Waals surface area contributed by atoms with Crippen molar-refractivity contribution in [3.63, 3.8) is 0 Å². The molecule has 6 nitrogen and oxygen atoms in total. The summed E-state index contributed by atoms with van der Waals surface area (Å²) in [6, 6.07) is 5.28. The molecule has 1 aliphatic heterocycles. The molecule has 0 aliphatic carbocycles. The van der Waals surface area contributed by atoms with E-state index in [-0.39, 0.29) is 30.7 Å². The van der Waals surface area contributed by atoms with Crippen LogP contribution in [0.2, 0.25) is 0 Å². The molecule has 1 saturated heterocycles. The highest BCUT2D eigenvalue weighted by atomic mass is 19.4. The normalized spacial score (nSPS) is 21.0. The van der Waals surface area contributed by atoms with Crippen molar-refractivity contribution in [1.29, 1.82) is 0 Å². The van der Waals surface area contributed by atoms with E-state index in [4.69, 9.17) is 9.84 Å². The molecule has 0 bridgehead atoms. The van der Waals surface area contributed by atoms with E-state index in [2.05, 4.69) is 4.74 Å². The van der Waals surface area contributed by atoms with Crippen molar-refractivity contribution in [2.75, 3.05) is 13.1 Å². The van der Waals surface area contributed by atoms with E-state index in [1.165, 1.54) is 29.2 Å². The number of halogens is 3. The number of nitrogens with zero attached hydrogens (tertiary/aromatic N) is 1. The first kappa shape index (κ1) is 19.0. The quantitative estimate of drug-likeness (QED) is 0.870. The lowest BCUT2D eigenvalue weighted by atomic mass is 10.1. The van der Waals surface area contributed by atoms with E-state index in [0.29, 0.717) is 18.5 Å². The Bertz CT molecular complexity index is 617. The number of carboxylic acids is 1. The number of aliphatic carboxylic acids is 1. The van der Waals surface area contributed by atoms with Crippen molar-refractivity contribution in [2.45, 2.75) is 38.3 Å². The maximum absolute atomic E-state index is 12.2. The summed E-state index contributed by atoms with van der Waals surface area (Å²) in [5, 5.41) is 9.02. The van der Waals surface area contributed by atoms with Gasteiger partial charge in [0.2, 0.25) is 5.91 Å². The molecule has 1 aromatic rings. The van der Waals surface area contributed by atoms with Crippen LogP contribution in [-0.2, 0) is 20.7 Å². The summed E-state index contributed by atoms with van der Waals surface area (Å²) in [4.78, 5) is 24.7. The van der Waals surface area contributed by atoms with E-state index in [0.717, 1.165) is 0 Å². The molecule has 1 unspecified atom stereocenters. The fourth-order valence-electron chi connectivity index (χ4n) is 2.56. The van der Waals surface area contributed by atoms with Crippen molar-refractivity contribution in [1.82, 2.24) is 4.90 Å². The molecular formula is C16H18F3NO5. The van der Waals surface area contributed by atoms with Gasteiger partial charge in [0.25, 0.3) is 0 Å². The number of carbonyl (C=O) groups is 2. The first-order valence-corrected chi connectivity index (χ1v) is 7.65. The fraction of sp³-hybridized carbons (Fsp3) is 0.500. The molecule has 1 aromatic carbocycles. The van der Waals surface area contributed by atoms with Gasteiger partial charge in [0.15, 0.2) is 6.10 Å². The number of morpholine rings is 1. The SMILES string of the molecule is C[C@@H]1CN(C(=O)CCc2ccc(OC(F)(F)F)cc2)CC(C(=O)O)O1. The minimum atomic E-state index is -4.74. The van der Waals surface area contributed by atoms with Crippen molar-refractivity contribution >= 4 is 11.9 Å². The molecule has 9 heteroatoms. The number of rotatable bonds is 5. The smallest absolute Gasteiger partial charge is 0.479 e. The second-order valence-electron chi connectivity index (χ2n) is 5.76. The number of benzene rings is 1. The fourth-order valence-corrected chi connectivity index (χ4v) is 2.56. The molecule has 138 valence electrons. The first-order valence-electron chi connectivity index (χ1n) is 7.65. The summed E-state index contributed by atoms with van der Waals surface area (Å²) < 4.78 is 45.3. The van der Waals surface area contributed by atoms with Gasteiger partial charge in [-0.1, -0.05) is 12.1 Å². The van der Waals surface area contributed by atoms with Crippen LogP contribution >= 0.6 is 0 Å². The summed E-state index contributed by atoms with van der Waals surface area (Å²) in [5.41, 5.74) is 0.680. The van der Waals surface area contributed by atoms with Crippen LogP contribution in [-0.4, -0.2) is 53.5 Å². The predicted molar refractivity (Wildman–Crippen MR) is 80.0 cm³/mol. The Morgan fingerprint density at radius 1 is 1.28 bits per heavy atom. The van der Waals surface area contributed by atoms with Gasteiger partial charge in [-0.25, -0.2) is 4.79 Å². The lowest BCUT2D eigenvalue weighted by Crippen LogP contribution is -2.51. The monoisotopic (exact) mass is 361 g/mol.